The van der Waals surface area contributed by atoms with E-state index >= 15 is 0 Å². The predicted octanol–water partition coefficient (Wildman–Crippen LogP) is 2.55. The van der Waals surface area contributed by atoms with Gasteiger partial charge < -0.3 is 10.1 Å². The molecule has 2 heterocycles. The van der Waals surface area contributed by atoms with Crippen molar-refractivity contribution in [2.75, 3.05) is 19.0 Å². The summed E-state index contributed by atoms with van der Waals surface area (Å²) in [6.07, 6.45) is 1.05. The third kappa shape index (κ3) is 1.65. The number of hydrogen-bond acceptors (Lipinski definition) is 3. The molecule has 0 saturated carbocycles. The van der Waals surface area contributed by atoms with Crippen LogP contribution in [0.3, 0.4) is 0 Å². The van der Waals surface area contributed by atoms with Crippen LogP contribution in [-0.2, 0) is 13.0 Å². The van der Waals surface area contributed by atoms with Crippen molar-refractivity contribution in [1.82, 2.24) is 9.78 Å². The molecular formula is C14H17N3O. The number of hydrogen-bond donors (Lipinski definition) is 1. The molecule has 0 spiro atoms. The highest BCUT2D eigenvalue weighted by Gasteiger charge is 2.22. The monoisotopic (exact) mass is 243 g/mol. The largest absolute Gasteiger partial charge is 0.497 e. The molecule has 1 aliphatic heterocycles. The fourth-order valence-corrected chi connectivity index (χ4v) is 2.45. The Labute approximate surface area is 107 Å². The van der Waals surface area contributed by atoms with E-state index in [1.165, 1.54) is 11.4 Å². The number of aryl methyl sites for hydroxylation is 1. The summed E-state index contributed by atoms with van der Waals surface area (Å²) in [4.78, 5) is 0. The van der Waals surface area contributed by atoms with Crippen molar-refractivity contribution >= 4 is 5.82 Å². The van der Waals surface area contributed by atoms with Crippen LogP contribution >= 0.6 is 0 Å². The number of nitrogens with zero attached hydrogens (tertiary/aromatic N) is 2. The molecule has 0 atom stereocenters. The minimum atomic E-state index is 0.878. The first-order chi connectivity index (χ1) is 8.83. The van der Waals surface area contributed by atoms with E-state index in [1.807, 2.05) is 16.8 Å². The Hall–Kier alpha value is -1.97. The first kappa shape index (κ1) is 11.1. The van der Waals surface area contributed by atoms with Crippen molar-refractivity contribution in [3.05, 3.63) is 29.8 Å². The quantitative estimate of drug-likeness (QED) is 0.900. The summed E-state index contributed by atoms with van der Waals surface area (Å²) < 4.78 is 7.23. The van der Waals surface area contributed by atoms with Crippen molar-refractivity contribution in [3.63, 3.8) is 0 Å². The van der Waals surface area contributed by atoms with Crippen molar-refractivity contribution in [2.45, 2.75) is 19.9 Å². The van der Waals surface area contributed by atoms with Gasteiger partial charge in [0.1, 0.15) is 11.6 Å². The van der Waals surface area contributed by atoms with E-state index in [0.29, 0.717) is 0 Å². The molecule has 1 N–H and O–H groups in total. The number of nitrogens with one attached hydrogen (secondary N) is 1. The molecule has 0 amide bonds. The zero-order valence-electron chi connectivity index (χ0n) is 10.7. The average Bonchev–Trinajstić information content (AvgIpc) is 3.00. The minimum Gasteiger partial charge on any atom is -0.497 e. The highest BCUT2D eigenvalue weighted by Crippen LogP contribution is 2.33. The van der Waals surface area contributed by atoms with E-state index in [4.69, 9.17) is 4.74 Å². The van der Waals surface area contributed by atoms with Crippen molar-refractivity contribution in [2.24, 2.45) is 0 Å². The Bertz CT molecular complexity index is 557. The number of rotatable bonds is 3. The molecule has 18 heavy (non-hydrogen) atoms. The third-order valence-corrected chi connectivity index (χ3v) is 3.38. The normalized spacial score (nSPS) is 13.2. The summed E-state index contributed by atoms with van der Waals surface area (Å²) in [5.74, 6) is 2.06. The Morgan fingerprint density at radius 3 is 2.78 bits per heavy atom. The molecule has 3 rings (SSSR count). The number of ether oxygens (including phenoxy) is 1. The lowest BCUT2D eigenvalue weighted by molar-refractivity contribution is 0.415. The van der Waals surface area contributed by atoms with Gasteiger partial charge in [-0.15, -0.1) is 0 Å². The molecule has 0 fully saturated rings. The van der Waals surface area contributed by atoms with Crippen LogP contribution in [0.1, 0.15) is 12.5 Å². The van der Waals surface area contributed by atoms with Crippen LogP contribution in [0.15, 0.2) is 24.3 Å². The lowest BCUT2D eigenvalue weighted by Crippen LogP contribution is -2.04. The minimum absolute atomic E-state index is 0.878. The molecule has 0 unspecified atom stereocenters. The van der Waals surface area contributed by atoms with Gasteiger partial charge >= 0.3 is 0 Å². The Morgan fingerprint density at radius 2 is 2.11 bits per heavy atom. The van der Waals surface area contributed by atoms with Crippen LogP contribution in [0, 0.1) is 0 Å². The Kier molecular flexibility index (Phi) is 2.70. The summed E-state index contributed by atoms with van der Waals surface area (Å²) in [5.41, 5.74) is 3.59. The highest BCUT2D eigenvalue weighted by molar-refractivity contribution is 5.71. The fraction of sp³-hybridized carbons (Fsp3) is 0.357. The Balaban J connectivity index is 2.05. The zero-order valence-corrected chi connectivity index (χ0v) is 10.7. The molecule has 4 heteroatoms. The van der Waals surface area contributed by atoms with Crippen LogP contribution < -0.4 is 10.1 Å². The van der Waals surface area contributed by atoms with Gasteiger partial charge in [0.2, 0.25) is 0 Å². The summed E-state index contributed by atoms with van der Waals surface area (Å²) >= 11 is 0. The van der Waals surface area contributed by atoms with Crippen molar-refractivity contribution in [1.29, 1.82) is 0 Å². The van der Waals surface area contributed by atoms with E-state index < -0.39 is 0 Å². The number of methoxy groups -OCH3 is 1. The Morgan fingerprint density at radius 1 is 1.33 bits per heavy atom. The van der Waals surface area contributed by atoms with Gasteiger partial charge in [0.05, 0.1) is 12.8 Å². The van der Waals surface area contributed by atoms with Gasteiger partial charge in [-0.25, -0.2) is 4.68 Å². The molecule has 0 bridgehead atoms. The lowest BCUT2D eigenvalue weighted by Gasteiger charge is -2.03. The van der Waals surface area contributed by atoms with Gasteiger partial charge in [0.15, 0.2) is 0 Å². The number of aromatic nitrogens is 2. The van der Waals surface area contributed by atoms with Crippen LogP contribution in [0.25, 0.3) is 11.3 Å². The van der Waals surface area contributed by atoms with Gasteiger partial charge in [-0.2, -0.15) is 5.10 Å². The molecule has 0 radical (unpaired) electrons. The standard InChI is InChI=1S/C14H17N3O/c1-3-17-14-12(8-9-15-14)13(16-17)10-4-6-11(18-2)7-5-10/h4-7,15H,3,8-9H2,1-2H3. The molecular weight excluding hydrogens is 226 g/mol. The highest BCUT2D eigenvalue weighted by atomic mass is 16.5. The molecule has 94 valence electrons. The molecule has 2 aromatic rings. The molecule has 1 aliphatic rings. The van der Waals surface area contributed by atoms with E-state index in [1.54, 1.807) is 7.11 Å². The van der Waals surface area contributed by atoms with E-state index in [0.717, 1.165) is 36.5 Å². The van der Waals surface area contributed by atoms with Crippen LogP contribution in [0.2, 0.25) is 0 Å². The summed E-state index contributed by atoms with van der Waals surface area (Å²) in [6.45, 7) is 4.02. The predicted molar refractivity (Wildman–Crippen MR) is 72.1 cm³/mol. The first-order valence-electron chi connectivity index (χ1n) is 6.31. The van der Waals surface area contributed by atoms with Gasteiger partial charge in [0.25, 0.3) is 0 Å². The first-order valence-corrected chi connectivity index (χ1v) is 6.31. The fourth-order valence-electron chi connectivity index (χ4n) is 2.45. The maximum absolute atomic E-state index is 5.19. The molecule has 0 aliphatic carbocycles. The molecule has 1 aromatic heterocycles. The lowest BCUT2D eigenvalue weighted by atomic mass is 10.1. The van der Waals surface area contributed by atoms with E-state index in [-0.39, 0.29) is 0 Å². The molecule has 1 aromatic carbocycles. The second-order valence-corrected chi connectivity index (χ2v) is 4.40. The second kappa shape index (κ2) is 4.37. The topological polar surface area (TPSA) is 39.1 Å². The number of anilines is 1. The third-order valence-electron chi connectivity index (χ3n) is 3.38. The maximum atomic E-state index is 5.19. The molecule has 0 saturated heterocycles. The van der Waals surface area contributed by atoms with Crippen LogP contribution in [-0.4, -0.2) is 23.4 Å². The van der Waals surface area contributed by atoms with Gasteiger partial charge in [-0.1, -0.05) is 0 Å². The SMILES string of the molecule is CCn1nc(-c2ccc(OC)cc2)c2c1NCC2. The zero-order chi connectivity index (χ0) is 12.5. The average molecular weight is 243 g/mol. The van der Waals surface area contributed by atoms with Crippen molar-refractivity contribution < 1.29 is 4.74 Å². The van der Waals surface area contributed by atoms with E-state index in [9.17, 15) is 0 Å². The summed E-state index contributed by atoms with van der Waals surface area (Å²) in [7, 11) is 1.68. The van der Waals surface area contributed by atoms with Gasteiger partial charge in [-0.05, 0) is 37.6 Å². The maximum Gasteiger partial charge on any atom is 0.128 e. The smallest absolute Gasteiger partial charge is 0.128 e. The number of benzene rings is 1. The second-order valence-electron chi connectivity index (χ2n) is 4.40. The van der Waals surface area contributed by atoms with Crippen molar-refractivity contribution in [3.8, 4) is 17.0 Å². The molecule has 4 nitrogen and oxygen atoms in total. The van der Waals surface area contributed by atoms with Crippen LogP contribution in [0.5, 0.6) is 5.75 Å². The summed E-state index contributed by atoms with van der Waals surface area (Å²) in [6, 6.07) is 8.10. The summed E-state index contributed by atoms with van der Waals surface area (Å²) in [5, 5.41) is 8.10. The number of fused-ring (bicyclic) bond motifs is 1. The van der Waals surface area contributed by atoms with Crippen LogP contribution in [0.4, 0.5) is 5.82 Å². The van der Waals surface area contributed by atoms with Gasteiger partial charge in [-0.3, -0.25) is 0 Å². The van der Waals surface area contributed by atoms with Gasteiger partial charge in [0, 0.05) is 24.2 Å². The van der Waals surface area contributed by atoms with E-state index in [2.05, 4.69) is 29.5 Å².